The lowest BCUT2D eigenvalue weighted by atomic mass is 10.1. The quantitative estimate of drug-likeness (QED) is 0.646. The maximum absolute atomic E-state index is 12.7. The second kappa shape index (κ2) is 9.12. The fourth-order valence-electron chi connectivity index (χ4n) is 2.59. The third kappa shape index (κ3) is 5.15. The van der Waals surface area contributed by atoms with Crippen LogP contribution in [0.1, 0.15) is 18.3 Å². The van der Waals surface area contributed by atoms with Gasteiger partial charge in [-0.25, -0.2) is 8.42 Å². The average Bonchev–Trinajstić information content (AvgIpc) is 3.10. The second-order valence-corrected chi connectivity index (χ2v) is 8.13. The van der Waals surface area contributed by atoms with E-state index in [2.05, 4.69) is 15.5 Å². The largest absolute Gasteiger partial charge is 0.334 e. The number of benzene rings is 2. The first-order chi connectivity index (χ1) is 12.5. The average molecular weight is 408 g/mol. The van der Waals surface area contributed by atoms with Crippen LogP contribution in [0.5, 0.6) is 0 Å². The lowest BCUT2D eigenvalue weighted by Gasteiger charge is -2.08. The predicted molar refractivity (Wildman–Crippen MR) is 107 cm³/mol. The monoisotopic (exact) mass is 407 g/mol. The molecular formula is C19H22ClN3O3S. The number of nitrogens with one attached hydrogen (secondary N) is 1. The summed E-state index contributed by atoms with van der Waals surface area (Å²) in [7, 11) is -1.59. The standard InChI is InChI=1S/C19H21N3O3S.ClH/c1-14(20-2)12-18-21-19(25-22-18)17-11-7-6-8-15(17)13-26(23,24)16-9-4-3-5-10-16;/h3-11,14,20H,12-13H2,1-2H3;1H. The van der Waals surface area contributed by atoms with Crippen LogP contribution in [0.4, 0.5) is 0 Å². The summed E-state index contributed by atoms with van der Waals surface area (Å²) in [5.74, 6) is 0.794. The Balaban J connectivity index is 0.00000261. The molecule has 0 fully saturated rings. The Bertz CT molecular complexity index is 975. The second-order valence-electron chi connectivity index (χ2n) is 6.14. The van der Waals surface area contributed by atoms with Crippen molar-refractivity contribution in [1.82, 2.24) is 15.5 Å². The molecular weight excluding hydrogens is 386 g/mol. The molecule has 0 aliphatic rings. The summed E-state index contributed by atoms with van der Waals surface area (Å²) in [4.78, 5) is 4.71. The van der Waals surface area contributed by atoms with Crippen molar-refractivity contribution in [2.45, 2.75) is 30.0 Å². The van der Waals surface area contributed by atoms with Crippen molar-refractivity contribution < 1.29 is 12.9 Å². The molecule has 0 aliphatic carbocycles. The molecule has 0 amide bonds. The number of nitrogens with zero attached hydrogens (tertiary/aromatic N) is 2. The first kappa shape index (κ1) is 21.1. The van der Waals surface area contributed by atoms with E-state index in [4.69, 9.17) is 4.52 Å². The minimum atomic E-state index is -3.46. The Morgan fingerprint density at radius 3 is 2.44 bits per heavy atom. The van der Waals surface area contributed by atoms with Crippen molar-refractivity contribution in [3.05, 3.63) is 66.0 Å². The maximum atomic E-state index is 12.7. The van der Waals surface area contributed by atoms with Crippen molar-refractivity contribution in [3.63, 3.8) is 0 Å². The molecule has 1 heterocycles. The number of aromatic nitrogens is 2. The molecule has 0 aliphatic heterocycles. The highest BCUT2D eigenvalue weighted by Crippen LogP contribution is 2.26. The lowest BCUT2D eigenvalue weighted by Crippen LogP contribution is -2.24. The van der Waals surface area contributed by atoms with Gasteiger partial charge in [-0.05, 0) is 37.7 Å². The van der Waals surface area contributed by atoms with Gasteiger partial charge in [0.25, 0.3) is 5.89 Å². The molecule has 1 aromatic heterocycles. The topological polar surface area (TPSA) is 85.1 Å². The molecule has 3 rings (SSSR count). The van der Waals surface area contributed by atoms with Crippen LogP contribution in [0.15, 0.2) is 64.0 Å². The Morgan fingerprint density at radius 1 is 1.07 bits per heavy atom. The highest BCUT2D eigenvalue weighted by atomic mass is 35.5. The summed E-state index contributed by atoms with van der Waals surface area (Å²) >= 11 is 0. The third-order valence-electron chi connectivity index (χ3n) is 4.15. The van der Waals surface area contributed by atoms with Crippen LogP contribution < -0.4 is 5.32 Å². The lowest BCUT2D eigenvalue weighted by molar-refractivity contribution is 0.418. The van der Waals surface area contributed by atoms with Crippen LogP contribution in [-0.2, 0) is 22.0 Å². The van der Waals surface area contributed by atoms with Gasteiger partial charge >= 0.3 is 0 Å². The number of hydrogen-bond donors (Lipinski definition) is 1. The van der Waals surface area contributed by atoms with Gasteiger partial charge in [0.1, 0.15) is 0 Å². The first-order valence-electron chi connectivity index (χ1n) is 8.35. The zero-order valence-corrected chi connectivity index (χ0v) is 16.8. The molecule has 0 saturated carbocycles. The van der Waals surface area contributed by atoms with Crippen molar-refractivity contribution in [1.29, 1.82) is 0 Å². The fourth-order valence-corrected chi connectivity index (χ4v) is 3.99. The molecule has 0 bridgehead atoms. The number of sulfone groups is 1. The molecule has 6 nitrogen and oxygen atoms in total. The minimum absolute atomic E-state index is 0. The summed E-state index contributed by atoms with van der Waals surface area (Å²) in [6.45, 7) is 2.02. The first-order valence-corrected chi connectivity index (χ1v) is 10.0. The zero-order valence-electron chi connectivity index (χ0n) is 15.1. The van der Waals surface area contributed by atoms with Crippen LogP contribution in [0.3, 0.4) is 0 Å². The summed E-state index contributed by atoms with van der Waals surface area (Å²) in [6.07, 6.45) is 0.629. The Hall–Kier alpha value is -2.22. The van der Waals surface area contributed by atoms with E-state index in [0.29, 0.717) is 34.2 Å². The highest BCUT2D eigenvalue weighted by molar-refractivity contribution is 7.90. The smallest absolute Gasteiger partial charge is 0.258 e. The molecule has 0 radical (unpaired) electrons. The molecule has 0 spiro atoms. The van der Waals surface area contributed by atoms with Crippen molar-refractivity contribution >= 4 is 22.2 Å². The zero-order chi connectivity index (χ0) is 18.6. The predicted octanol–water partition coefficient (Wildman–Crippen LogP) is 3.28. The van der Waals surface area contributed by atoms with E-state index < -0.39 is 9.84 Å². The molecule has 3 aromatic rings. The van der Waals surface area contributed by atoms with Crippen LogP contribution in [0.25, 0.3) is 11.5 Å². The van der Waals surface area contributed by atoms with Gasteiger partial charge in [-0.15, -0.1) is 12.4 Å². The van der Waals surface area contributed by atoms with Crippen molar-refractivity contribution in [3.8, 4) is 11.5 Å². The normalized spacial score (nSPS) is 12.4. The molecule has 1 unspecified atom stereocenters. The molecule has 144 valence electrons. The molecule has 1 atom stereocenters. The molecule has 1 N–H and O–H groups in total. The number of hydrogen-bond acceptors (Lipinski definition) is 6. The van der Waals surface area contributed by atoms with E-state index >= 15 is 0 Å². The fraction of sp³-hybridized carbons (Fsp3) is 0.263. The van der Waals surface area contributed by atoms with Gasteiger partial charge in [-0.3, -0.25) is 0 Å². The van der Waals surface area contributed by atoms with Crippen molar-refractivity contribution in [2.24, 2.45) is 0 Å². The number of halogens is 1. The molecule has 0 saturated heterocycles. The van der Waals surface area contributed by atoms with Gasteiger partial charge in [-0.2, -0.15) is 4.98 Å². The van der Waals surface area contributed by atoms with Crippen LogP contribution >= 0.6 is 12.4 Å². The van der Waals surface area contributed by atoms with E-state index in [9.17, 15) is 8.42 Å². The summed E-state index contributed by atoms with van der Waals surface area (Å²) in [6, 6.07) is 15.8. The third-order valence-corrected chi connectivity index (χ3v) is 5.83. The maximum Gasteiger partial charge on any atom is 0.258 e. The SMILES string of the molecule is CNC(C)Cc1noc(-c2ccccc2CS(=O)(=O)c2ccccc2)n1.Cl. The van der Waals surface area contributed by atoms with Gasteiger partial charge in [0.15, 0.2) is 15.7 Å². The molecule has 27 heavy (non-hydrogen) atoms. The van der Waals surface area contributed by atoms with Gasteiger partial charge in [0, 0.05) is 18.0 Å². The van der Waals surface area contributed by atoms with Crippen LogP contribution in [0, 0.1) is 0 Å². The van der Waals surface area contributed by atoms with E-state index in [1.807, 2.05) is 20.0 Å². The van der Waals surface area contributed by atoms with E-state index in [1.54, 1.807) is 48.5 Å². The van der Waals surface area contributed by atoms with Crippen LogP contribution in [0.2, 0.25) is 0 Å². The van der Waals surface area contributed by atoms with Crippen LogP contribution in [-0.4, -0.2) is 31.6 Å². The minimum Gasteiger partial charge on any atom is -0.334 e. The highest BCUT2D eigenvalue weighted by Gasteiger charge is 2.20. The van der Waals surface area contributed by atoms with E-state index in [1.165, 1.54) is 0 Å². The van der Waals surface area contributed by atoms with E-state index in [-0.39, 0.29) is 24.2 Å². The van der Waals surface area contributed by atoms with Crippen molar-refractivity contribution in [2.75, 3.05) is 7.05 Å². The molecule has 2 aromatic carbocycles. The Labute approximate surface area is 165 Å². The Kier molecular flexibility index (Phi) is 7.12. The van der Waals surface area contributed by atoms with Gasteiger partial charge < -0.3 is 9.84 Å². The summed E-state index contributed by atoms with van der Waals surface area (Å²) < 4.78 is 30.8. The molecule has 8 heteroatoms. The Morgan fingerprint density at radius 2 is 1.74 bits per heavy atom. The number of likely N-dealkylation sites (N-methyl/N-ethyl adjacent to an activating group) is 1. The van der Waals surface area contributed by atoms with Gasteiger partial charge in [-0.1, -0.05) is 41.6 Å². The number of rotatable bonds is 7. The van der Waals surface area contributed by atoms with Gasteiger partial charge in [0.2, 0.25) is 0 Å². The summed E-state index contributed by atoms with van der Waals surface area (Å²) in [5, 5.41) is 7.12. The summed E-state index contributed by atoms with van der Waals surface area (Å²) in [5.41, 5.74) is 1.27. The van der Waals surface area contributed by atoms with Gasteiger partial charge in [0.05, 0.1) is 10.6 Å². The van der Waals surface area contributed by atoms with E-state index in [0.717, 1.165) is 0 Å².